The average molecular weight is 265 g/mol. The number of methoxy groups -OCH3 is 1. The van der Waals surface area contributed by atoms with Crippen molar-refractivity contribution in [2.24, 2.45) is 0 Å². The lowest BCUT2D eigenvalue weighted by Gasteiger charge is -2.10. The van der Waals surface area contributed by atoms with E-state index < -0.39 is 0 Å². The molecule has 0 heterocycles. The summed E-state index contributed by atoms with van der Waals surface area (Å²) in [6, 6.07) is 7.06. The quantitative estimate of drug-likeness (QED) is 0.633. The molecule has 0 radical (unpaired) electrons. The van der Waals surface area contributed by atoms with Gasteiger partial charge >= 0.3 is 5.97 Å². The maximum Gasteiger partial charge on any atom is 0.315 e. The van der Waals surface area contributed by atoms with Crippen LogP contribution in [0.2, 0.25) is 0 Å². The molecule has 0 atom stereocenters. The number of carbonyl (C=O) groups is 1. The van der Waals surface area contributed by atoms with Crippen molar-refractivity contribution in [1.82, 2.24) is 5.32 Å². The number of hydrogen-bond acceptors (Lipinski definition) is 4. The van der Waals surface area contributed by atoms with Gasteiger partial charge in [-0.05, 0) is 31.4 Å². The van der Waals surface area contributed by atoms with Crippen LogP contribution in [0.4, 0.5) is 0 Å². The monoisotopic (exact) mass is 265 g/mol. The largest absolute Gasteiger partial charge is 0.468 e. The van der Waals surface area contributed by atoms with Crippen molar-refractivity contribution in [3.05, 3.63) is 29.3 Å². The van der Waals surface area contributed by atoms with Crippen LogP contribution in [0.1, 0.15) is 24.0 Å². The minimum atomic E-state index is -0.179. The average Bonchev–Trinajstić information content (AvgIpc) is 3.18. The Balaban J connectivity index is 1.99. The molecule has 0 saturated heterocycles. The Hall–Kier alpha value is -1.00. The molecular formula is C14H19NO2S. The van der Waals surface area contributed by atoms with E-state index in [0.29, 0.717) is 11.8 Å². The Morgan fingerprint density at radius 1 is 1.50 bits per heavy atom. The van der Waals surface area contributed by atoms with Crippen molar-refractivity contribution >= 4 is 17.7 Å². The summed E-state index contributed by atoms with van der Waals surface area (Å²) in [5.41, 5.74) is 2.53. The molecule has 4 heteroatoms. The highest BCUT2D eigenvalue weighted by atomic mass is 32.2. The van der Waals surface area contributed by atoms with Crippen LogP contribution >= 0.6 is 11.8 Å². The maximum atomic E-state index is 11.2. The van der Waals surface area contributed by atoms with Gasteiger partial charge in [0, 0.05) is 17.5 Å². The lowest BCUT2D eigenvalue weighted by molar-refractivity contribution is -0.137. The molecule has 1 aliphatic carbocycles. The van der Waals surface area contributed by atoms with Crippen LogP contribution in [-0.4, -0.2) is 24.9 Å². The first-order valence-electron chi connectivity index (χ1n) is 6.21. The summed E-state index contributed by atoms with van der Waals surface area (Å²) in [6.45, 7) is 2.98. The van der Waals surface area contributed by atoms with Gasteiger partial charge in [-0.3, -0.25) is 4.79 Å². The number of ether oxygens (including phenoxy) is 1. The molecule has 1 saturated carbocycles. The zero-order chi connectivity index (χ0) is 13.0. The Bertz CT molecular complexity index is 430. The molecule has 1 aromatic carbocycles. The number of esters is 1. The summed E-state index contributed by atoms with van der Waals surface area (Å²) in [5.74, 6) is 0.192. The minimum absolute atomic E-state index is 0.179. The highest BCUT2D eigenvalue weighted by Crippen LogP contribution is 2.26. The lowest BCUT2D eigenvalue weighted by Crippen LogP contribution is -2.16. The van der Waals surface area contributed by atoms with E-state index in [1.807, 2.05) is 0 Å². The summed E-state index contributed by atoms with van der Waals surface area (Å²) in [5, 5.41) is 3.51. The molecule has 0 spiro atoms. The number of rotatable bonds is 6. The molecule has 1 N–H and O–H groups in total. The molecule has 0 aliphatic heterocycles. The van der Waals surface area contributed by atoms with E-state index in [1.165, 1.54) is 36.0 Å². The van der Waals surface area contributed by atoms with Gasteiger partial charge in [-0.15, -0.1) is 11.8 Å². The SMILES string of the molecule is COC(=O)CSc1ccc(C)cc1CNC1CC1. The van der Waals surface area contributed by atoms with E-state index in [0.717, 1.165) is 6.54 Å². The zero-order valence-corrected chi connectivity index (χ0v) is 11.7. The summed E-state index contributed by atoms with van der Waals surface area (Å²) in [7, 11) is 1.42. The summed E-state index contributed by atoms with van der Waals surface area (Å²) >= 11 is 1.55. The Labute approximate surface area is 112 Å². The third kappa shape index (κ3) is 4.03. The number of benzene rings is 1. The highest BCUT2D eigenvalue weighted by molar-refractivity contribution is 8.00. The van der Waals surface area contributed by atoms with Crippen LogP contribution in [0.15, 0.2) is 23.1 Å². The van der Waals surface area contributed by atoms with Gasteiger partial charge < -0.3 is 10.1 Å². The van der Waals surface area contributed by atoms with Crippen molar-refractivity contribution in [3.8, 4) is 0 Å². The number of thioether (sulfide) groups is 1. The van der Waals surface area contributed by atoms with Crippen LogP contribution in [0.5, 0.6) is 0 Å². The van der Waals surface area contributed by atoms with Gasteiger partial charge in [0.1, 0.15) is 0 Å². The van der Waals surface area contributed by atoms with Crippen molar-refractivity contribution in [2.75, 3.05) is 12.9 Å². The number of carbonyl (C=O) groups excluding carboxylic acids is 1. The standard InChI is InChI=1S/C14H19NO2S/c1-10-3-6-13(18-9-14(16)17-2)11(7-10)8-15-12-4-5-12/h3,6-7,12,15H,4-5,8-9H2,1-2H3. The van der Waals surface area contributed by atoms with Crippen molar-refractivity contribution < 1.29 is 9.53 Å². The Morgan fingerprint density at radius 3 is 2.94 bits per heavy atom. The van der Waals surface area contributed by atoms with Gasteiger partial charge in [0.05, 0.1) is 12.9 Å². The predicted octanol–water partition coefficient (Wildman–Crippen LogP) is 2.51. The first-order chi connectivity index (χ1) is 8.69. The smallest absolute Gasteiger partial charge is 0.315 e. The molecular weight excluding hydrogens is 246 g/mol. The Morgan fingerprint density at radius 2 is 2.28 bits per heavy atom. The number of hydrogen-bond donors (Lipinski definition) is 1. The van der Waals surface area contributed by atoms with Crippen LogP contribution in [-0.2, 0) is 16.1 Å². The van der Waals surface area contributed by atoms with Crippen LogP contribution in [0.3, 0.4) is 0 Å². The topological polar surface area (TPSA) is 38.3 Å². The molecule has 1 fully saturated rings. The van der Waals surface area contributed by atoms with E-state index in [9.17, 15) is 4.79 Å². The summed E-state index contributed by atoms with van der Waals surface area (Å²) in [4.78, 5) is 12.3. The molecule has 3 nitrogen and oxygen atoms in total. The third-order valence-electron chi connectivity index (χ3n) is 2.95. The van der Waals surface area contributed by atoms with E-state index in [2.05, 4.69) is 35.2 Å². The predicted molar refractivity (Wildman–Crippen MR) is 73.8 cm³/mol. The molecule has 98 valence electrons. The summed E-state index contributed by atoms with van der Waals surface area (Å²) in [6.07, 6.45) is 2.58. The van der Waals surface area contributed by atoms with Crippen molar-refractivity contribution in [2.45, 2.75) is 37.2 Å². The van der Waals surface area contributed by atoms with Gasteiger partial charge in [-0.2, -0.15) is 0 Å². The second kappa shape index (κ2) is 6.25. The van der Waals surface area contributed by atoms with Gasteiger partial charge in [0.25, 0.3) is 0 Å². The minimum Gasteiger partial charge on any atom is -0.468 e. The normalized spacial score (nSPS) is 14.6. The van der Waals surface area contributed by atoms with Crippen LogP contribution < -0.4 is 5.32 Å². The number of nitrogens with one attached hydrogen (secondary N) is 1. The van der Waals surface area contributed by atoms with Gasteiger partial charge in [0.2, 0.25) is 0 Å². The van der Waals surface area contributed by atoms with Gasteiger partial charge in [-0.1, -0.05) is 17.7 Å². The van der Waals surface area contributed by atoms with Crippen molar-refractivity contribution in [3.63, 3.8) is 0 Å². The lowest BCUT2D eigenvalue weighted by atomic mass is 10.1. The Kier molecular flexibility index (Phi) is 4.66. The second-order valence-electron chi connectivity index (χ2n) is 4.63. The third-order valence-corrected chi connectivity index (χ3v) is 4.04. The molecule has 0 amide bonds. The first kappa shape index (κ1) is 13.4. The van der Waals surface area contributed by atoms with Crippen LogP contribution in [0, 0.1) is 6.92 Å². The molecule has 1 aromatic rings. The molecule has 0 bridgehead atoms. The molecule has 1 aliphatic rings. The highest BCUT2D eigenvalue weighted by Gasteiger charge is 2.20. The maximum absolute atomic E-state index is 11.2. The van der Waals surface area contributed by atoms with E-state index in [-0.39, 0.29) is 5.97 Å². The molecule has 18 heavy (non-hydrogen) atoms. The molecule has 0 unspecified atom stereocenters. The summed E-state index contributed by atoms with van der Waals surface area (Å²) < 4.78 is 4.67. The van der Waals surface area contributed by atoms with Crippen molar-refractivity contribution in [1.29, 1.82) is 0 Å². The second-order valence-corrected chi connectivity index (χ2v) is 5.65. The van der Waals surface area contributed by atoms with E-state index >= 15 is 0 Å². The number of aryl methyl sites for hydroxylation is 1. The molecule has 0 aromatic heterocycles. The fourth-order valence-corrected chi connectivity index (χ4v) is 2.60. The zero-order valence-electron chi connectivity index (χ0n) is 10.9. The van der Waals surface area contributed by atoms with Gasteiger partial charge in [0.15, 0.2) is 0 Å². The van der Waals surface area contributed by atoms with Gasteiger partial charge in [-0.25, -0.2) is 0 Å². The van der Waals surface area contributed by atoms with Crippen LogP contribution in [0.25, 0.3) is 0 Å². The first-order valence-corrected chi connectivity index (χ1v) is 7.20. The fraction of sp³-hybridized carbons (Fsp3) is 0.500. The van der Waals surface area contributed by atoms with E-state index in [1.54, 1.807) is 11.8 Å². The molecule has 2 rings (SSSR count). The van der Waals surface area contributed by atoms with E-state index in [4.69, 9.17) is 0 Å². The fourth-order valence-electron chi connectivity index (χ4n) is 1.72.